The molecule has 1 fully saturated rings. The molecule has 1 saturated carbocycles. The third kappa shape index (κ3) is 9.13. The number of esters is 3. The van der Waals surface area contributed by atoms with Gasteiger partial charge in [0.2, 0.25) is 0 Å². The zero-order chi connectivity index (χ0) is 22.5. The fourth-order valence-electron chi connectivity index (χ4n) is 4.27. The van der Waals surface area contributed by atoms with Crippen molar-refractivity contribution < 1.29 is 33.4 Å². The Morgan fingerprint density at radius 1 is 0.867 bits per heavy atom. The second-order valence-corrected chi connectivity index (χ2v) is 7.81. The van der Waals surface area contributed by atoms with Gasteiger partial charge in [0.25, 0.3) is 0 Å². The van der Waals surface area contributed by atoms with Crippen molar-refractivity contribution in [3.05, 3.63) is 0 Å². The maximum atomic E-state index is 11.7. The highest BCUT2D eigenvalue weighted by atomic mass is 16.6. The van der Waals surface area contributed by atoms with Gasteiger partial charge in [0.1, 0.15) is 19.3 Å². The largest absolute Gasteiger partial charge is 0.469 e. The average molecular weight is 428 g/mol. The van der Waals surface area contributed by atoms with Gasteiger partial charge in [0, 0.05) is 38.5 Å². The minimum atomic E-state index is -0.399. The number of oxime groups is 1. The first kappa shape index (κ1) is 25.9. The Labute approximate surface area is 179 Å². The van der Waals surface area contributed by atoms with Crippen LogP contribution in [0.5, 0.6) is 0 Å². The molecule has 4 unspecified atom stereocenters. The monoisotopic (exact) mass is 427 g/mol. The van der Waals surface area contributed by atoms with Crippen molar-refractivity contribution in [3.8, 4) is 0 Å². The summed E-state index contributed by atoms with van der Waals surface area (Å²) in [6.45, 7) is 4.89. The topological polar surface area (TPSA) is 100 Å². The number of hydrogen-bond acceptors (Lipinski definition) is 8. The predicted molar refractivity (Wildman–Crippen MR) is 112 cm³/mol. The maximum absolute atomic E-state index is 11.7. The van der Waals surface area contributed by atoms with E-state index in [-0.39, 0.29) is 42.3 Å². The number of ether oxygens (including phenoxy) is 3. The van der Waals surface area contributed by atoms with Crippen molar-refractivity contribution in [2.24, 2.45) is 17.0 Å². The number of rotatable bonds is 13. The van der Waals surface area contributed by atoms with Crippen LogP contribution in [0.2, 0.25) is 0 Å². The van der Waals surface area contributed by atoms with E-state index < -0.39 is 6.10 Å². The zero-order valence-corrected chi connectivity index (χ0v) is 19.0. The third-order valence-corrected chi connectivity index (χ3v) is 5.57. The molecule has 0 amide bonds. The van der Waals surface area contributed by atoms with Crippen LogP contribution in [0.4, 0.5) is 0 Å². The van der Waals surface area contributed by atoms with E-state index in [9.17, 15) is 14.4 Å². The van der Waals surface area contributed by atoms with Gasteiger partial charge in [-0.1, -0.05) is 24.9 Å². The standard InChI is InChI=1S/C22H37NO7/c1-6-7-8-9-17(23-28-5)10-11-18-19(12-13-22(26)27-4)21(30-16(3)25)14-20(18)29-15(2)24/h18-21H,6-14H2,1-5H3/b23-17+. The molecule has 0 saturated heterocycles. The molecule has 0 heterocycles. The van der Waals surface area contributed by atoms with Gasteiger partial charge in [-0.05, 0) is 32.1 Å². The molecule has 30 heavy (non-hydrogen) atoms. The second-order valence-electron chi connectivity index (χ2n) is 7.81. The van der Waals surface area contributed by atoms with Gasteiger partial charge in [-0.15, -0.1) is 0 Å². The van der Waals surface area contributed by atoms with Crippen LogP contribution >= 0.6 is 0 Å². The van der Waals surface area contributed by atoms with E-state index in [0.29, 0.717) is 25.7 Å². The lowest BCUT2D eigenvalue weighted by Gasteiger charge is -2.26. The molecule has 0 N–H and O–H groups in total. The normalized spacial score (nSPS) is 23.7. The zero-order valence-electron chi connectivity index (χ0n) is 19.0. The molecule has 1 aliphatic carbocycles. The van der Waals surface area contributed by atoms with Crippen molar-refractivity contribution in [2.75, 3.05) is 14.2 Å². The Bertz CT molecular complexity index is 590. The molecular weight excluding hydrogens is 390 g/mol. The van der Waals surface area contributed by atoms with Crippen molar-refractivity contribution in [1.29, 1.82) is 0 Å². The summed E-state index contributed by atoms with van der Waals surface area (Å²) >= 11 is 0. The average Bonchev–Trinajstić information content (AvgIpc) is 2.98. The smallest absolute Gasteiger partial charge is 0.305 e. The first-order valence-electron chi connectivity index (χ1n) is 10.8. The van der Waals surface area contributed by atoms with Crippen molar-refractivity contribution >= 4 is 23.6 Å². The molecular formula is C22H37NO7. The highest BCUT2D eigenvalue weighted by Gasteiger charge is 2.46. The lowest BCUT2D eigenvalue weighted by Crippen LogP contribution is -2.28. The van der Waals surface area contributed by atoms with Gasteiger partial charge >= 0.3 is 17.9 Å². The Balaban J connectivity index is 2.96. The van der Waals surface area contributed by atoms with E-state index in [0.717, 1.165) is 31.4 Å². The fourth-order valence-corrected chi connectivity index (χ4v) is 4.27. The highest BCUT2D eigenvalue weighted by Crippen LogP contribution is 2.42. The summed E-state index contributed by atoms with van der Waals surface area (Å²) in [5.41, 5.74) is 0.968. The lowest BCUT2D eigenvalue weighted by molar-refractivity contribution is -0.149. The number of carbonyl (C=O) groups is 3. The summed E-state index contributed by atoms with van der Waals surface area (Å²) in [7, 11) is 2.89. The quantitative estimate of drug-likeness (QED) is 0.145. The molecule has 0 bridgehead atoms. The molecule has 0 radical (unpaired) electrons. The van der Waals surface area contributed by atoms with Crippen LogP contribution in [0.15, 0.2) is 5.16 Å². The van der Waals surface area contributed by atoms with E-state index in [1.807, 2.05) is 0 Å². The van der Waals surface area contributed by atoms with E-state index in [1.54, 1.807) is 0 Å². The lowest BCUT2D eigenvalue weighted by atomic mass is 9.85. The van der Waals surface area contributed by atoms with Crippen LogP contribution in [-0.4, -0.2) is 50.0 Å². The number of hydrogen-bond donors (Lipinski definition) is 0. The summed E-state index contributed by atoms with van der Waals surface area (Å²) < 4.78 is 15.9. The van der Waals surface area contributed by atoms with Gasteiger partial charge < -0.3 is 19.0 Å². The molecule has 0 aromatic rings. The molecule has 172 valence electrons. The predicted octanol–water partition coefficient (Wildman–Crippen LogP) is 3.80. The first-order chi connectivity index (χ1) is 14.3. The number of unbranched alkanes of at least 4 members (excludes halogenated alkanes) is 2. The van der Waals surface area contributed by atoms with Crippen LogP contribution in [-0.2, 0) is 33.4 Å². The Hall–Kier alpha value is -2.12. The fraction of sp³-hybridized carbons (Fsp3) is 0.818. The molecule has 0 aromatic carbocycles. The molecule has 4 atom stereocenters. The summed E-state index contributed by atoms with van der Waals surface area (Å²) in [5, 5.41) is 4.17. The highest BCUT2D eigenvalue weighted by molar-refractivity contribution is 5.83. The Morgan fingerprint density at radius 2 is 1.43 bits per heavy atom. The van der Waals surface area contributed by atoms with Crippen LogP contribution in [0.25, 0.3) is 0 Å². The van der Waals surface area contributed by atoms with Crippen LogP contribution < -0.4 is 0 Å². The van der Waals surface area contributed by atoms with E-state index in [2.05, 4.69) is 12.1 Å². The van der Waals surface area contributed by atoms with Gasteiger partial charge in [-0.25, -0.2) is 0 Å². The van der Waals surface area contributed by atoms with Crippen molar-refractivity contribution in [2.45, 2.75) is 90.8 Å². The number of methoxy groups -OCH3 is 1. The van der Waals surface area contributed by atoms with Crippen molar-refractivity contribution in [1.82, 2.24) is 0 Å². The Kier molecular flexibility index (Phi) is 12.1. The summed E-state index contributed by atoms with van der Waals surface area (Å²) in [6.07, 6.45) is 5.93. The van der Waals surface area contributed by atoms with E-state index in [1.165, 1.54) is 28.1 Å². The molecule has 0 spiro atoms. The summed E-state index contributed by atoms with van der Waals surface area (Å²) in [6, 6.07) is 0. The molecule has 1 rings (SSSR count). The summed E-state index contributed by atoms with van der Waals surface area (Å²) in [5.74, 6) is -1.21. The van der Waals surface area contributed by atoms with Crippen LogP contribution in [0, 0.1) is 11.8 Å². The SMILES string of the molecule is CCCCC/C(CCC1C(OC(C)=O)CC(OC(C)=O)C1CCC(=O)OC)=N\OC. The minimum Gasteiger partial charge on any atom is -0.469 e. The maximum Gasteiger partial charge on any atom is 0.305 e. The van der Waals surface area contributed by atoms with Gasteiger partial charge in [0.05, 0.1) is 12.8 Å². The first-order valence-corrected chi connectivity index (χ1v) is 10.8. The van der Waals surface area contributed by atoms with Gasteiger partial charge in [-0.3, -0.25) is 14.4 Å². The minimum absolute atomic E-state index is 0.0452. The van der Waals surface area contributed by atoms with Gasteiger partial charge in [-0.2, -0.15) is 0 Å². The second kappa shape index (κ2) is 14.0. The van der Waals surface area contributed by atoms with Crippen molar-refractivity contribution in [3.63, 3.8) is 0 Å². The molecule has 1 aliphatic rings. The van der Waals surface area contributed by atoms with Gasteiger partial charge in [0.15, 0.2) is 0 Å². The Morgan fingerprint density at radius 3 is 1.90 bits per heavy atom. The summed E-state index contributed by atoms with van der Waals surface area (Å²) in [4.78, 5) is 40.0. The third-order valence-electron chi connectivity index (χ3n) is 5.57. The molecule has 8 nitrogen and oxygen atoms in total. The molecule has 8 heteroatoms. The number of nitrogens with zero attached hydrogens (tertiary/aromatic N) is 1. The number of carbonyl (C=O) groups excluding carboxylic acids is 3. The van der Waals surface area contributed by atoms with Crippen LogP contribution in [0.3, 0.4) is 0 Å². The van der Waals surface area contributed by atoms with Crippen LogP contribution in [0.1, 0.15) is 78.6 Å². The van der Waals surface area contributed by atoms with E-state index >= 15 is 0 Å². The molecule has 0 aromatic heterocycles. The van der Waals surface area contributed by atoms with E-state index in [4.69, 9.17) is 19.0 Å². The molecule has 0 aliphatic heterocycles.